The number of aromatic nitrogens is 4. The number of anilines is 1. The Bertz CT molecular complexity index is 1600. The molecule has 38 heavy (non-hydrogen) atoms. The number of halogens is 3. The van der Waals surface area contributed by atoms with Crippen LogP contribution in [0.1, 0.15) is 41.9 Å². The highest BCUT2D eigenvalue weighted by molar-refractivity contribution is 6.03. The summed E-state index contributed by atoms with van der Waals surface area (Å²) in [7, 11) is 0. The second-order valence-electron chi connectivity index (χ2n) is 9.60. The van der Waals surface area contributed by atoms with Gasteiger partial charge < -0.3 is 14.7 Å². The first-order chi connectivity index (χ1) is 18.2. The van der Waals surface area contributed by atoms with Crippen LogP contribution in [0, 0.1) is 5.92 Å². The molecule has 0 spiro atoms. The number of fused-ring (bicyclic) bond motifs is 2. The van der Waals surface area contributed by atoms with Crippen LogP contribution in [0.2, 0.25) is 0 Å². The molecule has 0 aliphatic carbocycles. The maximum absolute atomic E-state index is 13.1. The standard InChI is InChI=1S/C28H27F3N6O/c1-17(2)10-11-32-15-20-6-4-12-37-16-24(33-25(20)37)26(38)36-27-34-22-9-8-19(14-23(22)35-27)18-5-3-7-21(13-18)28(29,30)31/h3-9,12-14,16-17,32H,10-11,15H2,1-2H3,(H2,34,35,36,38). The third kappa shape index (κ3) is 5.55. The highest BCUT2D eigenvalue weighted by atomic mass is 19.4. The molecule has 0 unspecified atom stereocenters. The van der Waals surface area contributed by atoms with E-state index in [1.165, 1.54) is 6.07 Å². The molecule has 0 fully saturated rings. The third-order valence-electron chi connectivity index (χ3n) is 6.25. The molecular formula is C28H27F3N6O. The lowest BCUT2D eigenvalue weighted by Gasteiger charge is -2.08. The van der Waals surface area contributed by atoms with Crippen LogP contribution in [0.3, 0.4) is 0 Å². The van der Waals surface area contributed by atoms with E-state index < -0.39 is 17.6 Å². The molecule has 0 aliphatic heterocycles. The Kier molecular flexibility index (Phi) is 6.90. The van der Waals surface area contributed by atoms with Crippen LogP contribution in [0.4, 0.5) is 19.1 Å². The third-order valence-corrected chi connectivity index (χ3v) is 6.25. The van der Waals surface area contributed by atoms with Gasteiger partial charge in [-0.2, -0.15) is 13.2 Å². The van der Waals surface area contributed by atoms with Crippen molar-refractivity contribution in [1.82, 2.24) is 24.7 Å². The highest BCUT2D eigenvalue weighted by Crippen LogP contribution is 2.33. The Hall–Kier alpha value is -4.18. The van der Waals surface area contributed by atoms with Crippen LogP contribution < -0.4 is 10.6 Å². The number of aromatic amines is 1. The lowest BCUT2D eigenvalue weighted by Crippen LogP contribution is -2.17. The highest BCUT2D eigenvalue weighted by Gasteiger charge is 2.30. The van der Waals surface area contributed by atoms with Crippen LogP contribution in [0.15, 0.2) is 67.0 Å². The fourth-order valence-corrected chi connectivity index (χ4v) is 4.22. The van der Waals surface area contributed by atoms with Gasteiger partial charge in [-0.25, -0.2) is 9.97 Å². The molecule has 0 aliphatic rings. The fourth-order valence-electron chi connectivity index (χ4n) is 4.22. The van der Waals surface area contributed by atoms with Gasteiger partial charge in [0.2, 0.25) is 5.95 Å². The number of carbonyl (C=O) groups excluding carboxylic acids is 1. The number of nitrogens with one attached hydrogen (secondary N) is 3. The van der Waals surface area contributed by atoms with E-state index in [4.69, 9.17) is 0 Å². The molecule has 7 nitrogen and oxygen atoms in total. The number of carbonyl (C=O) groups is 1. The van der Waals surface area contributed by atoms with Crippen molar-refractivity contribution in [3.8, 4) is 11.1 Å². The van der Waals surface area contributed by atoms with E-state index in [-0.39, 0.29) is 11.6 Å². The van der Waals surface area contributed by atoms with Crippen molar-refractivity contribution in [2.75, 3.05) is 11.9 Å². The Morgan fingerprint density at radius 2 is 1.87 bits per heavy atom. The summed E-state index contributed by atoms with van der Waals surface area (Å²) in [4.78, 5) is 24.9. The summed E-state index contributed by atoms with van der Waals surface area (Å²) >= 11 is 0. The quantitative estimate of drug-likeness (QED) is 0.210. The smallest absolute Gasteiger partial charge is 0.324 e. The maximum Gasteiger partial charge on any atom is 0.416 e. The maximum atomic E-state index is 13.1. The van der Waals surface area contributed by atoms with Gasteiger partial charge in [0.1, 0.15) is 11.3 Å². The average Bonchev–Trinajstić information content (AvgIpc) is 3.50. The minimum atomic E-state index is -4.42. The summed E-state index contributed by atoms with van der Waals surface area (Å²) in [6.45, 7) is 5.90. The monoisotopic (exact) mass is 520 g/mol. The van der Waals surface area contributed by atoms with Gasteiger partial charge in [-0.1, -0.05) is 38.1 Å². The predicted octanol–water partition coefficient (Wildman–Crippen LogP) is 6.28. The number of pyridine rings is 1. The zero-order valence-electron chi connectivity index (χ0n) is 20.9. The van der Waals surface area contributed by atoms with Crippen molar-refractivity contribution < 1.29 is 18.0 Å². The molecule has 0 atom stereocenters. The minimum Gasteiger partial charge on any atom is -0.324 e. The van der Waals surface area contributed by atoms with Gasteiger partial charge in [0.25, 0.3) is 5.91 Å². The summed E-state index contributed by atoms with van der Waals surface area (Å²) < 4.78 is 41.2. The summed E-state index contributed by atoms with van der Waals surface area (Å²) in [5, 5.41) is 6.16. The second kappa shape index (κ2) is 10.3. The number of hydrogen-bond acceptors (Lipinski definition) is 4. The minimum absolute atomic E-state index is 0.221. The number of amides is 1. The van der Waals surface area contributed by atoms with Crippen LogP contribution in [0.25, 0.3) is 27.8 Å². The number of hydrogen-bond donors (Lipinski definition) is 3. The largest absolute Gasteiger partial charge is 0.416 e. The van der Waals surface area contributed by atoms with Crippen molar-refractivity contribution in [3.05, 3.63) is 83.8 Å². The van der Waals surface area contributed by atoms with Gasteiger partial charge in [-0.3, -0.25) is 10.1 Å². The molecule has 5 aromatic rings. The average molecular weight is 521 g/mol. The lowest BCUT2D eigenvalue weighted by molar-refractivity contribution is -0.137. The molecule has 10 heteroatoms. The molecule has 0 bridgehead atoms. The van der Waals surface area contributed by atoms with E-state index in [2.05, 4.69) is 39.4 Å². The van der Waals surface area contributed by atoms with Gasteiger partial charge in [0.05, 0.1) is 16.6 Å². The van der Waals surface area contributed by atoms with Crippen LogP contribution in [0.5, 0.6) is 0 Å². The molecule has 196 valence electrons. The number of nitrogens with zero attached hydrogens (tertiary/aromatic N) is 3. The summed E-state index contributed by atoms with van der Waals surface area (Å²) in [6.07, 6.45) is 0.154. The van der Waals surface area contributed by atoms with Gasteiger partial charge >= 0.3 is 6.18 Å². The van der Waals surface area contributed by atoms with Crippen LogP contribution in [-0.2, 0) is 12.7 Å². The van der Waals surface area contributed by atoms with E-state index in [0.29, 0.717) is 40.3 Å². The van der Waals surface area contributed by atoms with E-state index in [1.807, 2.05) is 22.7 Å². The van der Waals surface area contributed by atoms with Crippen LogP contribution >= 0.6 is 0 Å². The molecular weight excluding hydrogens is 493 g/mol. The molecule has 5 rings (SSSR count). The summed E-state index contributed by atoms with van der Waals surface area (Å²) in [6, 6.07) is 14.1. The first-order valence-corrected chi connectivity index (χ1v) is 12.3. The molecule has 3 N–H and O–H groups in total. The van der Waals surface area contributed by atoms with E-state index in [1.54, 1.807) is 30.5 Å². The zero-order chi connectivity index (χ0) is 26.9. The molecule has 0 saturated heterocycles. The van der Waals surface area contributed by atoms with Crippen molar-refractivity contribution in [2.45, 2.75) is 33.0 Å². The number of alkyl halides is 3. The number of H-pyrrole nitrogens is 1. The van der Waals surface area contributed by atoms with E-state index >= 15 is 0 Å². The zero-order valence-corrected chi connectivity index (χ0v) is 20.9. The predicted molar refractivity (Wildman–Crippen MR) is 141 cm³/mol. The van der Waals surface area contributed by atoms with Gasteiger partial charge in [-0.05, 0) is 60.3 Å². The molecule has 0 radical (unpaired) electrons. The Labute approximate surface area is 217 Å². The molecule has 2 aromatic carbocycles. The molecule has 3 aromatic heterocycles. The first-order valence-electron chi connectivity index (χ1n) is 12.3. The Balaban J connectivity index is 1.33. The second-order valence-corrected chi connectivity index (χ2v) is 9.60. The topological polar surface area (TPSA) is 87.1 Å². The summed E-state index contributed by atoms with van der Waals surface area (Å²) in [5.74, 6) is 0.411. The molecule has 1 amide bonds. The molecule has 3 heterocycles. The normalized spacial score (nSPS) is 12.1. The SMILES string of the molecule is CC(C)CCNCc1cccn2cc(C(=O)Nc3nc4cc(-c5cccc(C(F)(F)F)c5)ccc4[nH]3)nc12. The van der Waals surface area contributed by atoms with Crippen molar-refractivity contribution in [1.29, 1.82) is 0 Å². The lowest BCUT2D eigenvalue weighted by atomic mass is 10.0. The number of benzene rings is 2. The van der Waals surface area contributed by atoms with Crippen LogP contribution in [-0.4, -0.2) is 31.8 Å². The van der Waals surface area contributed by atoms with E-state index in [9.17, 15) is 18.0 Å². The summed E-state index contributed by atoms with van der Waals surface area (Å²) in [5.41, 5.74) is 3.38. The van der Waals surface area contributed by atoms with Gasteiger partial charge in [0, 0.05) is 24.5 Å². The number of imidazole rings is 2. The van der Waals surface area contributed by atoms with E-state index in [0.717, 1.165) is 30.7 Å². The Morgan fingerprint density at radius 3 is 2.66 bits per heavy atom. The van der Waals surface area contributed by atoms with Crippen molar-refractivity contribution in [3.63, 3.8) is 0 Å². The number of rotatable bonds is 8. The van der Waals surface area contributed by atoms with Crippen molar-refractivity contribution in [2.24, 2.45) is 5.92 Å². The Morgan fingerprint density at radius 1 is 1.05 bits per heavy atom. The van der Waals surface area contributed by atoms with Crippen molar-refractivity contribution >= 4 is 28.5 Å². The van der Waals surface area contributed by atoms with Gasteiger partial charge in [-0.15, -0.1) is 0 Å². The molecule has 0 saturated carbocycles. The van der Waals surface area contributed by atoms with Gasteiger partial charge in [0.15, 0.2) is 0 Å². The first kappa shape index (κ1) is 25.5. The fraction of sp³-hybridized carbons (Fsp3) is 0.250.